The van der Waals surface area contributed by atoms with Crippen LogP contribution in [0.3, 0.4) is 0 Å². The van der Waals surface area contributed by atoms with Crippen molar-refractivity contribution in [2.75, 3.05) is 19.7 Å². The maximum Gasteiger partial charge on any atom is 0.336 e. The summed E-state index contributed by atoms with van der Waals surface area (Å²) in [6, 6.07) is 0. The molecule has 0 radical (unpaired) electrons. The lowest BCUT2D eigenvalue weighted by Crippen LogP contribution is -2.10. The molecule has 0 aliphatic rings. The fourth-order valence-electron chi connectivity index (χ4n) is 0.914. The largest absolute Gasteiger partial charge is 0.438 e. The first-order valence-electron chi connectivity index (χ1n) is 5.48. The number of carbonyl (C=O) groups is 3. The van der Waals surface area contributed by atoms with Crippen molar-refractivity contribution in [3.63, 3.8) is 0 Å². The molecule has 0 amide bonds. The van der Waals surface area contributed by atoms with E-state index in [1.165, 1.54) is 13.8 Å². The minimum absolute atomic E-state index is 0.0474. The van der Waals surface area contributed by atoms with Crippen molar-refractivity contribution in [3.8, 4) is 0 Å². The molecular formula is C10H17O8P. The average Bonchev–Trinajstić information content (AvgIpc) is 2.28. The molecule has 0 aromatic rings. The topological polar surface area (TPSA) is 105 Å². The molecule has 0 aliphatic carbocycles. The van der Waals surface area contributed by atoms with Crippen LogP contribution in [0.1, 0.15) is 26.7 Å². The molecule has 19 heavy (non-hydrogen) atoms. The van der Waals surface area contributed by atoms with E-state index in [4.69, 9.17) is 9.05 Å². The van der Waals surface area contributed by atoms with E-state index in [1.807, 2.05) is 0 Å². The van der Waals surface area contributed by atoms with Crippen molar-refractivity contribution in [3.05, 3.63) is 0 Å². The van der Waals surface area contributed by atoms with Gasteiger partial charge in [0.2, 0.25) is 13.6 Å². The van der Waals surface area contributed by atoms with Crippen LogP contribution in [0, 0.1) is 0 Å². The number of hydrogen-bond acceptors (Lipinski definition) is 8. The molecule has 0 N–H and O–H groups in total. The second-order valence-electron chi connectivity index (χ2n) is 3.41. The van der Waals surface area contributed by atoms with Gasteiger partial charge in [-0.2, -0.15) is 0 Å². The summed E-state index contributed by atoms with van der Waals surface area (Å²) in [5, 5.41) is 0. The fraction of sp³-hybridized carbons (Fsp3) is 0.700. The number of hydrogen-bond donors (Lipinski definition) is 0. The fourth-order valence-corrected chi connectivity index (χ4v) is 2.24. The molecule has 0 spiro atoms. The lowest BCUT2D eigenvalue weighted by atomic mass is 10.4. The summed E-state index contributed by atoms with van der Waals surface area (Å²) in [7, 11) is -3.57. The highest BCUT2D eigenvalue weighted by Gasteiger charge is 2.25. The predicted molar refractivity (Wildman–Crippen MR) is 63.2 cm³/mol. The Labute approximate surface area is 110 Å². The Morgan fingerprint density at radius 1 is 1.05 bits per heavy atom. The van der Waals surface area contributed by atoms with E-state index in [9.17, 15) is 18.9 Å². The normalized spacial score (nSPS) is 10.8. The van der Waals surface area contributed by atoms with Crippen molar-refractivity contribution in [2.24, 2.45) is 0 Å². The Kier molecular flexibility index (Phi) is 9.03. The molecule has 110 valence electrons. The van der Waals surface area contributed by atoms with Crippen molar-refractivity contribution < 1.29 is 37.5 Å². The van der Waals surface area contributed by atoms with Crippen LogP contribution in [0.25, 0.3) is 0 Å². The van der Waals surface area contributed by atoms with Gasteiger partial charge in [0.25, 0.3) is 0 Å². The SMILES string of the molecule is CC(=O)OCOP(=O)(CCCC=O)OCOC(C)=O. The van der Waals surface area contributed by atoms with Gasteiger partial charge in [-0.15, -0.1) is 0 Å². The van der Waals surface area contributed by atoms with Gasteiger partial charge < -0.3 is 14.3 Å². The van der Waals surface area contributed by atoms with Crippen LogP contribution in [0.4, 0.5) is 0 Å². The number of ether oxygens (including phenoxy) is 2. The van der Waals surface area contributed by atoms with Gasteiger partial charge in [-0.25, -0.2) is 0 Å². The van der Waals surface area contributed by atoms with Crippen LogP contribution in [-0.4, -0.2) is 38.0 Å². The standard InChI is InChI=1S/C10H17O8P/c1-9(12)15-7-17-19(14,6-4-3-5-11)18-8-16-10(2)13/h5H,3-4,6-8H2,1-2H3. The van der Waals surface area contributed by atoms with Crippen LogP contribution < -0.4 is 0 Å². The quantitative estimate of drug-likeness (QED) is 0.195. The second kappa shape index (κ2) is 9.66. The lowest BCUT2D eigenvalue weighted by molar-refractivity contribution is -0.149. The van der Waals surface area contributed by atoms with Crippen LogP contribution >= 0.6 is 7.60 Å². The van der Waals surface area contributed by atoms with Gasteiger partial charge in [-0.05, 0) is 6.42 Å². The Bertz CT molecular complexity index is 329. The summed E-state index contributed by atoms with van der Waals surface area (Å²) in [6.07, 6.45) is 1.09. The van der Waals surface area contributed by atoms with Crippen molar-refractivity contribution in [1.29, 1.82) is 0 Å². The first-order valence-corrected chi connectivity index (χ1v) is 7.21. The van der Waals surface area contributed by atoms with E-state index >= 15 is 0 Å². The third kappa shape index (κ3) is 10.4. The monoisotopic (exact) mass is 296 g/mol. The molecule has 0 aliphatic heterocycles. The van der Waals surface area contributed by atoms with E-state index in [0.717, 1.165) is 0 Å². The zero-order valence-corrected chi connectivity index (χ0v) is 11.7. The molecule has 0 heterocycles. The third-order valence-electron chi connectivity index (χ3n) is 1.78. The Morgan fingerprint density at radius 2 is 1.53 bits per heavy atom. The van der Waals surface area contributed by atoms with Crippen LogP contribution in [0.15, 0.2) is 0 Å². The minimum Gasteiger partial charge on any atom is -0.438 e. The Balaban J connectivity index is 4.26. The Hall–Kier alpha value is -1.24. The molecule has 0 aromatic carbocycles. The highest BCUT2D eigenvalue weighted by Crippen LogP contribution is 2.48. The van der Waals surface area contributed by atoms with Gasteiger partial charge in [0.15, 0.2) is 0 Å². The van der Waals surface area contributed by atoms with Gasteiger partial charge >= 0.3 is 19.5 Å². The maximum absolute atomic E-state index is 12.1. The number of rotatable bonds is 10. The molecule has 0 rings (SSSR count). The van der Waals surface area contributed by atoms with E-state index in [1.54, 1.807) is 0 Å². The molecular weight excluding hydrogens is 279 g/mol. The summed E-state index contributed by atoms with van der Waals surface area (Å²) in [6.45, 7) is 1.27. The van der Waals surface area contributed by atoms with Gasteiger partial charge in [-0.3, -0.25) is 23.2 Å². The first kappa shape index (κ1) is 17.8. The van der Waals surface area contributed by atoms with Gasteiger partial charge in [0, 0.05) is 20.3 Å². The molecule has 0 saturated heterocycles. The summed E-state index contributed by atoms with van der Waals surface area (Å²) in [5.41, 5.74) is 0. The Morgan fingerprint density at radius 3 is 1.89 bits per heavy atom. The highest BCUT2D eigenvalue weighted by atomic mass is 31.2. The number of aldehydes is 1. The predicted octanol–water partition coefficient (Wildman–Crippen LogP) is 1.23. The van der Waals surface area contributed by atoms with Gasteiger partial charge in [-0.1, -0.05) is 0 Å². The number of esters is 2. The maximum atomic E-state index is 12.1. The molecule has 0 saturated carbocycles. The van der Waals surface area contributed by atoms with Crippen LogP contribution in [0.2, 0.25) is 0 Å². The van der Waals surface area contributed by atoms with Gasteiger partial charge in [0.1, 0.15) is 6.29 Å². The molecule has 0 bridgehead atoms. The highest BCUT2D eigenvalue weighted by molar-refractivity contribution is 7.53. The molecule has 9 heteroatoms. The van der Waals surface area contributed by atoms with Crippen molar-refractivity contribution in [2.45, 2.75) is 26.7 Å². The van der Waals surface area contributed by atoms with E-state index in [0.29, 0.717) is 6.29 Å². The van der Waals surface area contributed by atoms with Crippen LogP contribution in [0.5, 0.6) is 0 Å². The average molecular weight is 296 g/mol. The molecule has 0 unspecified atom stereocenters. The smallest absolute Gasteiger partial charge is 0.336 e. The van der Waals surface area contributed by atoms with Crippen LogP contribution in [-0.2, 0) is 37.5 Å². The summed E-state index contributed by atoms with van der Waals surface area (Å²) in [5.74, 6) is -1.20. The number of unbranched alkanes of at least 4 members (excludes halogenated alkanes) is 1. The second-order valence-corrected chi connectivity index (χ2v) is 5.59. The first-order chi connectivity index (χ1) is 8.89. The summed E-state index contributed by atoms with van der Waals surface area (Å²) >= 11 is 0. The zero-order valence-electron chi connectivity index (χ0n) is 10.8. The van der Waals surface area contributed by atoms with Crippen molar-refractivity contribution in [1.82, 2.24) is 0 Å². The zero-order chi connectivity index (χ0) is 14.7. The lowest BCUT2D eigenvalue weighted by Gasteiger charge is -2.17. The number of carbonyl (C=O) groups excluding carboxylic acids is 3. The van der Waals surface area contributed by atoms with E-state index in [2.05, 4.69) is 9.47 Å². The molecule has 8 nitrogen and oxygen atoms in total. The third-order valence-corrected chi connectivity index (χ3v) is 3.64. The van der Waals surface area contributed by atoms with E-state index < -0.39 is 33.1 Å². The summed E-state index contributed by atoms with van der Waals surface area (Å²) in [4.78, 5) is 31.3. The van der Waals surface area contributed by atoms with Crippen molar-refractivity contribution >= 4 is 25.8 Å². The molecule has 0 atom stereocenters. The minimum atomic E-state index is -3.57. The summed E-state index contributed by atoms with van der Waals surface area (Å²) < 4.78 is 30.8. The molecule has 0 aromatic heterocycles. The van der Waals surface area contributed by atoms with E-state index in [-0.39, 0.29) is 19.0 Å². The van der Waals surface area contributed by atoms with Gasteiger partial charge in [0.05, 0.1) is 6.16 Å². The molecule has 0 fully saturated rings.